The van der Waals surface area contributed by atoms with Crippen LogP contribution >= 0.6 is 46.3 Å². The van der Waals surface area contributed by atoms with Gasteiger partial charge in [-0.15, -0.1) is 21.5 Å². The molecule has 5 nitrogen and oxygen atoms in total. The number of nitrogens with zero attached hydrogens (tertiary/aromatic N) is 3. The van der Waals surface area contributed by atoms with Crippen LogP contribution in [-0.4, -0.2) is 26.4 Å². The van der Waals surface area contributed by atoms with E-state index in [4.69, 9.17) is 23.2 Å². The van der Waals surface area contributed by atoms with Crippen LogP contribution in [0.4, 0.5) is 5.69 Å². The number of aryl methyl sites for hydroxylation is 1. The van der Waals surface area contributed by atoms with E-state index in [9.17, 15) is 4.79 Å². The first-order valence-electron chi connectivity index (χ1n) is 7.82. The number of aromatic nitrogens is 3. The van der Waals surface area contributed by atoms with Crippen LogP contribution in [0.3, 0.4) is 0 Å². The van der Waals surface area contributed by atoms with Gasteiger partial charge in [0.25, 0.3) is 0 Å². The van der Waals surface area contributed by atoms with Gasteiger partial charge in [-0.2, -0.15) is 0 Å². The summed E-state index contributed by atoms with van der Waals surface area (Å²) in [6.45, 7) is 2.12. The average Bonchev–Trinajstić information content (AvgIpc) is 3.23. The number of carbonyl (C=O) groups is 1. The number of nitrogens with one attached hydrogen (secondary N) is 1. The SMILES string of the molecule is CCc1cc(-c2nnc(SCC(=O)Nc3cc(Cl)ccc3Cl)n2C)cs1. The fourth-order valence-corrected chi connectivity index (χ4v) is 4.15. The molecule has 0 saturated carbocycles. The van der Waals surface area contributed by atoms with Crippen molar-refractivity contribution in [2.75, 3.05) is 11.1 Å². The van der Waals surface area contributed by atoms with E-state index in [0.717, 1.165) is 17.8 Å². The molecule has 26 heavy (non-hydrogen) atoms. The zero-order valence-corrected chi connectivity index (χ0v) is 17.3. The summed E-state index contributed by atoms with van der Waals surface area (Å²) in [7, 11) is 1.90. The van der Waals surface area contributed by atoms with Crippen LogP contribution in [0.5, 0.6) is 0 Å². The number of amides is 1. The molecule has 0 bridgehead atoms. The minimum absolute atomic E-state index is 0.187. The minimum atomic E-state index is -0.187. The topological polar surface area (TPSA) is 59.8 Å². The lowest BCUT2D eigenvalue weighted by Crippen LogP contribution is -2.14. The molecule has 0 spiro atoms. The molecular weight excluding hydrogens is 411 g/mol. The Morgan fingerprint density at radius 3 is 2.85 bits per heavy atom. The molecule has 0 atom stereocenters. The normalized spacial score (nSPS) is 10.9. The van der Waals surface area contributed by atoms with Gasteiger partial charge >= 0.3 is 0 Å². The monoisotopic (exact) mass is 426 g/mol. The second-order valence-corrected chi connectivity index (χ2v) is 8.26. The summed E-state index contributed by atoms with van der Waals surface area (Å²) < 4.78 is 1.89. The Morgan fingerprint density at radius 2 is 2.12 bits per heavy atom. The lowest BCUT2D eigenvalue weighted by atomic mass is 10.2. The largest absolute Gasteiger partial charge is 0.324 e. The van der Waals surface area contributed by atoms with E-state index < -0.39 is 0 Å². The zero-order chi connectivity index (χ0) is 18.7. The Labute approximate surface area is 169 Å². The van der Waals surface area contributed by atoms with Crippen LogP contribution < -0.4 is 5.32 Å². The third-order valence-electron chi connectivity index (χ3n) is 3.63. The standard InChI is InChI=1S/C17H16Cl2N4OS2/c1-3-12-6-10(8-25-12)16-21-22-17(23(16)2)26-9-15(24)20-14-7-11(18)4-5-13(14)19/h4-8H,3,9H2,1-2H3,(H,20,24). The van der Waals surface area contributed by atoms with Crippen LogP contribution in [0, 0.1) is 0 Å². The number of thiophene rings is 1. The van der Waals surface area contributed by atoms with Crippen LogP contribution in [-0.2, 0) is 18.3 Å². The Balaban J connectivity index is 1.64. The lowest BCUT2D eigenvalue weighted by molar-refractivity contribution is -0.113. The van der Waals surface area contributed by atoms with Gasteiger partial charge in [-0.05, 0) is 30.7 Å². The predicted molar refractivity (Wildman–Crippen MR) is 110 cm³/mol. The molecular formula is C17H16Cl2N4OS2. The highest BCUT2D eigenvalue weighted by atomic mass is 35.5. The molecule has 2 aromatic heterocycles. The van der Waals surface area contributed by atoms with Gasteiger partial charge in [0.05, 0.1) is 16.5 Å². The number of carbonyl (C=O) groups excluding carboxylic acids is 1. The van der Waals surface area contributed by atoms with Crippen molar-refractivity contribution in [2.45, 2.75) is 18.5 Å². The smallest absolute Gasteiger partial charge is 0.234 e. The number of halogens is 2. The number of benzene rings is 1. The lowest BCUT2D eigenvalue weighted by Gasteiger charge is -2.07. The van der Waals surface area contributed by atoms with E-state index in [1.165, 1.54) is 16.6 Å². The van der Waals surface area contributed by atoms with Crippen molar-refractivity contribution in [3.8, 4) is 11.4 Å². The summed E-state index contributed by atoms with van der Waals surface area (Å²) in [6, 6.07) is 7.06. The quantitative estimate of drug-likeness (QED) is 0.553. The molecule has 2 heterocycles. The van der Waals surface area contributed by atoms with Crippen LogP contribution in [0.15, 0.2) is 34.8 Å². The van der Waals surface area contributed by atoms with E-state index in [1.54, 1.807) is 29.5 Å². The average molecular weight is 427 g/mol. The van der Waals surface area contributed by atoms with E-state index >= 15 is 0 Å². The molecule has 9 heteroatoms. The molecule has 0 unspecified atom stereocenters. The van der Waals surface area contributed by atoms with Crippen molar-refractivity contribution in [1.29, 1.82) is 0 Å². The van der Waals surface area contributed by atoms with Gasteiger partial charge in [0.1, 0.15) is 0 Å². The number of hydrogen-bond donors (Lipinski definition) is 1. The molecule has 3 aromatic rings. The van der Waals surface area contributed by atoms with E-state index in [1.807, 2.05) is 11.6 Å². The molecule has 0 aliphatic heterocycles. The summed E-state index contributed by atoms with van der Waals surface area (Å²) >= 11 is 15.0. The van der Waals surface area contributed by atoms with Crippen molar-refractivity contribution in [1.82, 2.24) is 14.8 Å². The van der Waals surface area contributed by atoms with Crippen LogP contribution in [0.25, 0.3) is 11.4 Å². The maximum absolute atomic E-state index is 12.2. The van der Waals surface area contributed by atoms with Gasteiger partial charge in [-0.25, -0.2) is 0 Å². The molecule has 1 N–H and O–H groups in total. The Hall–Kier alpha value is -1.54. The van der Waals surface area contributed by atoms with Gasteiger partial charge in [-0.3, -0.25) is 4.79 Å². The van der Waals surface area contributed by atoms with Crippen molar-refractivity contribution >= 4 is 57.9 Å². The maximum Gasteiger partial charge on any atom is 0.234 e. The fourth-order valence-electron chi connectivity index (χ4n) is 2.28. The highest BCUT2D eigenvalue weighted by Gasteiger charge is 2.14. The van der Waals surface area contributed by atoms with Crippen molar-refractivity contribution < 1.29 is 4.79 Å². The molecule has 0 radical (unpaired) electrons. The maximum atomic E-state index is 12.2. The second-order valence-electron chi connectivity index (χ2n) is 5.48. The first-order valence-corrected chi connectivity index (χ1v) is 10.4. The molecule has 0 aliphatic rings. The molecule has 0 fully saturated rings. The zero-order valence-electron chi connectivity index (χ0n) is 14.1. The third-order valence-corrected chi connectivity index (χ3v) is 6.30. The summed E-state index contributed by atoms with van der Waals surface area (Å²) in [6.07, 6.45) is 0.996. The van der Waals surface area contributed by atoms with Gasteiger partial charge in [0.2, 0.25) is 5.91 Å². The van der Waals surface area contributed by atoms with Gasteiger partial charge < -0.3 is 9.88 Å². The Morgan fingerprint density at radius 1 is 1.31 bits per heavy atom. The number of thioether (sulfide) groups is 1. The van der Waals surface area contributed by atoms with Crippen LogP contribution in [0.1, 0.15) is 11.8 Å². The second kappa shape index (κ2) is 8.43. The molecule has 3 rings (SSSR count). The van der Waals surface area contributed by atoms with Gasteiger partial charge in [0, 0.05) is 27.9 Å². The first-order chi connectivity index (χ1) is 12.5. The summed E-state index contributed by atoms with van der Waals surface area (Å²) in [5.41, 5.74) is 1.54. The minimum Gasteiger partial charge on any atom is -0.324 e. The highest BCUT2D eigenvalue weighted by Crippen LogP contribution is 2.28. The third kappa shape index (κ3) is 4.40. The van der Waals surface area contributed by atoms with E-state index in [0.29, 0.717) is 20.9 Å². The van der Waals surface area contributed by atoms with Crippen molar-refractivity contribution in [3.05, 3.63) is 44.6 Å². The number of rotatable bonds is 6. The fraction of sp³-hybridized carbons (Fsp3) is 0.235. The van der Waals surface area contributed by atoms with E-state index in [2.05, 4.69) is 33.9 Å². The molecule has 1 aromatic carbocycles. The number of anilines is 1. The van der Waals surface area contributed by atoms with E-state index in [-0.39, 0.29) is 11.7 Å². The predicted octanol–water partition coefficient (Wildman–Crippen LogP) is 5.14. The molecule has 1 amide bonds. The van der Waals surface area contributed by atoms with Crippen molar-refractivity contribution in [2.24, 2.45) is 7.05 Å². The van der Waals surface area contributed by atoms with Gasteiger partial charge in [0.15, 0.2) is 11.0 Å². The summed E-state index contributed by atoms with van der Waals surface area (Å²) in [4.78, 5) is 13.5. The number of hydrogen-bond acceptors (Lipinski definition) is 5. The Bertz CT molecular complexity index is 939. The Kier molecular flexibility index (Phi) is 6.24. The summed E-state index contributed by atoms with van der Waals surface area (Å²) in [5.74, 6) is 0.799. The highest BCUT2D eigenvalue weighted by molar-refractivity contribution is 7.99. The molecule has 136 valence electrons. The first kappa shape index (κ1) is 19.2. The molecule has 0 saturated heterocycles. The molecule has 0 aliphatic carbocycles. The van der Waals surface area contributed by atoms with Crippen LogP contribution in [0.2, 0.25) is 10.0 Å². The van der Waals surface area contributed by atoms with Crippen molar-refractivity contribution in [3.63, 3.8) is 0 Å². The summed E-state index contributed by atoms with van der Waals surface area (Å²) in [5, 5.41) is 14.9. The van der Waals surface area contributed by atoms with Gasteiger partial charge in [-0.1, -0.05) is 41.9 Å².